The topological polar surface area (TPSA) is 60.8 Å². The number of nitrogens with zero attached hydrogens (tertiary/aromatic N) is 4. The lowest BCUT2D eigenvalue weighted by molar-refractivity contribution is 0.0948. The Bertz CT molecular complexity index is 1080. The van der Waals surface area contributed by atoms with Crippen molar-refractivity contribution in [1.29, 1.82) is 0 Å². The standard InChI is InChI=1S/C25H34FN5O2/c1-2-28-11-13-30(14-12-28)23-16-22-19(15-21(23)26)24(32)20(17-31(22)18-5-6-18)25(33)27-7-10-29-8-3-4-9-29/h15-18H,2-14H2,1H3,(H,27,33). The van der Waals surface area contributed by atoms with Crippen LogP contribution in [-0.2, 0) is 0 Å². The monoisotopic (exact) mass is 455 g/mol. The van der Waals surface area contributed by atoms with E-state index in [0.29, 0.717) is 17.6 Å². The number of hydrogen-bond donors (Lipinski definition) is 1. The van der Waals surface area contributed by atoms with E-state index < -0.39 is 5.82 Å². The molecule has 1 amide bonds. The van der Waals surface area contributed by atoms with Crippen molar-refractivity contribution in [3.63, 3.8) is 0 Å². The molecular weight excluding hydrogens is 421 g/mol. The first-order chi connectivity index (χ1) is 16.0. The average molecular weight is 456 g/mol. The number of anilines is 1. The number of halogens is 1. The van der Waals surface area contributed by atoms with Crippen LogP contribution in [0.15, 0.2) is 23.1 Å². The van der Waals surface area contributed by atoms with Gasteiger partial charge in [0.25, 0.3) is 5.91 Å². The van der Waals surface area contributed by atoms with Crippen molar-refractivity contribution in [1.82, 2.24) is 19.7 Å². The normalized spacial score (nSPS) is 20.0. The zero-order valence-electron chi connectivity index (χ0n) is 19.5. The van der Waals surface area contributed by atoms with Crippen LogP contribution < -0.4 is 15.6 Å². The number of likely N-dealkylation sites (N-methyl/N-ethyl adjacent to an activating group) is 1. The minimum atomic E-state index is -0.390. The van der Waals surface area contributed by atoms with Gasteiger partial charge in [-0.25, -0.2) is 4.39 Å². The van der Waals surface area contributed by atoms with Gasteiger partial charge in [-0.3, -0.25) is 9.59 Å². The van der Waals surface area contributed by atoms with E-state index in [2.05, 4.69) is 26.9 Å². The Morgan fingerprint density at radius 2 is 1.79 bits per heavy atom. The maximum atomic E-state index is 15.2. The molecule has 33 heavy (non-hydrogen) atoms. The number of carbonyl (C=O) groups excluding carboxylic acids is 1. The number of piperazine rings is 1. The number of carbonyl (C=O) groups is 1. The van der Waals surface area contributed by atoms with E-state index in [4.69, 9.17) is 0 Å². The van der Waals surface area contributed by atoms with Crippen molar-refractivity contribution >= 4 is 22.5 Å². The molecule has 5 rings (SSSR count). The number of aromatic nitrogens is 1. The van der Waals surface area contributed by atoms with Crippen molar-refractivity contribution in [3.8, 4) is 0 Å². The molecule has 1 aromatic heterocycles. The van der Waals surface area contributed by atoms with E-state index in [1.165, 1.54) is 18.9 Å². The molecule has 0 unspecified atom stereocenters. The van der Waals surface area contributed by atoms with Gasteiger partial charge in [0.1, 0.15) is 11.4 Å². The molecule has 2 aliphatic heterocycles. The van der Waals surface area contributed by atoms with Gasteiger partial charge in [0.05, 0.1) is 11.2 Å². The van der Waals surface area contributed by atoms with Gasteiger partial charge in [-0.1, -0.05) is 6.92 Å². The van der Waals surface area contributed by atoms with E-state index in [-0.39, 0.29) is 22.9 Å². The second-order valence-electron chi connectivity index (χ2n) is 9.56. The molecule has 3 aliphatic rings. The predicted octanol–water partition coefficient (Wildman–Crippen LogP) is 2.44. The summed E-state index contributed by atoms with van der Waals surface area (Å²) in [5.74, 6) is -0.755. The quantitative estimate of drug-likeness (QED) is 0.695. The minimum Gasteiger partial charge on any atom is -0.367 e. The molecule has 7 nitrogen and oxygen atoms in total. The summed E-state index contributed by atoms with van der Waals surface area (Å²) >= 11 is 0. The van der Waals surface area contributed by atoms with Crippen LogP contribution in [0.1, 0.15) is 49.0 Å². The Kier molecular flexibility index (Phi) is 6.38. The lowest BCUT2D eigenvalue weighted by atomic mass is 10.1. The van der Waals surface area contributed by atoms with Crippen LogP contribution in [0.2, 0.25) is 0 Å². The van der Waals surface area contributed by atoms with Crippen LogP contribution in [0.3, 0.4) is 0 Å². The number of likely N-dealkylation sites (tertiary alicyclic amines) is 1. The van der Waals surface area contributed by atoms with Crippen molar-refractivity contribution in [2.45, 2.75) is 38.6 Å². The molecule has 0 spiro atoms. The van der Waals surface area contributed by atoms with E-state index in [0.717, 1.165) is 70.7 Å². The Balaban J connectivity index is 1.43. The molecule has 0 radical (unpaired) electrons. The first-order valence-corrected chi connectivity index (χ1v) is 12.4. The second kappa shape index (κ2) is 9.43. The summed E-state index contributed by atoms with van der Waals surface area (Å²) in [7, 11) is 0. The smallest absolute Gasteiger partial charge is 0.256 e. The first-order valence-electron chi connectivity index (χ1n) is 12.4. The van der Waals surface area contributed by atoms with Crippen LogP contribution in [-0.4, -0.2) is 79.2 Å². The molecule has 1 aromatic carbocycles. The fraction of sp³-hybridized carbons (Fsp3) is 0.600. The van der Waals surface area contributed by atoms with E-state index in [9.17, 15) is 9.59 Å². The fourth-order valence-electron chi connectivity index (χ4n) is 5.15. The molecule has 3 heterocycles. The highest BCUT2D eigenvalue weighted by molar-refractivity contribution is 5.98. The van der Waals surface area contributed by atoms with E-state index in [1.807, 2.05) is 10.6 Å². The van der Waals surface area contributed by atoms with Crippen molar-refractivity contribution in [2.75, 3.05) is 63.8 Å². The molecule has 0 atom stereocenters. The molecule has 1 saturated carbocycles. The number of rotatable bonds is 7. The highest BCUT2D eigenvalue weighted by Gasteiger charge is 2.28. The summed E-state index contributed by atoms with van der Waals surface area (Å²) in [6.07, 6.45) is 6.12. The van der Waals surface area contributed by atoms with Crippen LogP contribution in [0.25, 0.3) is 10.9 Å². The summed E-state index contributed by atoms with van der Waals surface area (Å²) in [6, 6.07) is 3.43. The van der Waals surface area contributed by atoms with E-state index >= 15 is 4.39 Å². The molecule has 0 bridgehead atoms. The van der Waals surface area contributed by atoms with Gasteiger partial charge in [-0.2, -0.15) is 0 Å². The van der Waals surface area contributed by atoms with Crippen LogP contribution in [0.4, 0.5) is 10.1 Å². The van der Waals surface area contributed by atoms with Gasteiger partial charge in [0, 0.05) is 56.9 Å². The number of nitrogens with one attached hydrogen (secondary N) is 1. The van der Waals surface area contributed by atoms with Crippen molar-refractivity contribution in [2.24, 2.45) is 0 Å². The number of pyridine rings is 1. The van der Waals surface area contributed by atoms with Gasteiger partial charge in [-0.15, -0.1) is 0 Å². The van der Waals surface area contributed by atoms with Crippen molar-refractivity contribution in [3.05, 3.63) is 39.9 Å². The third-order valence-electron chi connectivity index (χ3n) is 7.36. The highest BCUT2D eigenvalue weighted by atomic mass is 19.1. The minimum absolute atomic E-state index is 0.111. The lowest BCUT2D eigenvalue weighted by Crippen LogP contribution is -2.46. The number of fused-ring (bicyclic) bond motifs is 1. The summed E-state index contributed by atoms with van der Waals surface area (Å²) in [5.41, 5.74) is 1.00. The van der Waals surface area contributed by atoms with Gasteiger partial charge < -0.3 is 24.6 Å². The molecule has 1 N–H and O–H groups in total. The molecular formula is C25H34FN5O2. The van der Waals surface area contributed by atoms with Crippen LogP contribution in [0, 0.1) is 5.82 Å². The maximum Gasteiger partial charge on any atom is 0.256 e. The Morgan fingerprint density at radius 1 is 1.06 bits per heavy atom. The number of benzene rings is 1. The second-order valence-corrected chi connectivity index (χ2v) is 9.56. The van der Waals surface area contributed by atoms with Gasteiger partial charge in [0.15, 0.2) is 0 Å². The zero-order chi connectivity index (χ0) is 22.9. The Morgan fingerprint density at radius 3 is 2.45 bits per heavy atom. The maximum absolute atomic E-state index is 15.2. The van der Waals surface area contributed by atoms with Crippen LogP contribution in [0.5, 0.6) is 0 Å². The van der Waals surface area contributed by atoms with Gasteiger partial charge in [-0.05, 0) is 57.5 Å². The Hall–Kier alpha value is -2.45. The molecule has 178 valence electrons. The highest BCUT2D eigenvalue weighted by Crippen LogP contribution is 2.38. The lowest BCUT2D eigenvalue weighted by Gasteiger charge is -2.35. The number of hydrogen-bond acceptors (Lipinski definition) is 5. The van der Waals surface area contributed by atoms with Crippen molar-refractivity contribution < 1.29 is 9.18 Å². The summed E-state index contributed by atoms with van der Waals surface area (Å²) in [4.78, 5) is 32.9. The third-order valence-corrected chi connectivity index (χ3v) is 7.36. The summed E-state index contributed by atoms with van der Waals surface area (Å²) < 4.78 is 17.2. The van der Waals surface area contributed by atoms with Crippen LogP contribution >= 0.6 is 0 Å². The molecule has 3 fully saturated rings. The fourth-order valence-corrected chi connectivity index (χ4v) is 5.15. The molecule has 1 aliphatic carbocycles. The first kappa shape index (κ1) is 22.3. The number of amides is 1. The van der Waals surface area contributed by atoms with Gasteiger partial charge in [0.2, 0.25) is 5.43 Å². The SMILES string of the molecule is CCN1CCN(c2cc3c(cc2F)c(=O)c(C(=O)NCCN2CCCC2)cn3C2CC2)CC1. The third kappa shape index (κ3) is 4.64. The summed E-state index contributed by atoms with van der Waals surface area (Å²) in [5, 5.41) is 3.20. The zero-order valence-corrected chi connectivity index (χ0v) is 19.5. The molecule has 2 saturated heterocycles. The largest absolute Gasteiger partial charge is 0.367 e. The van der Waals surface area contributed by atoms with E-state index in [1.54, 1.807) is 6.20 Å². The predicted molar refractivity (Wildman–Crippen MR) is 129 cm³/mol. The molecule has 2 aromatic rings. The molecule has 8 heteroatoms. The average Bonchev–Trinajstić information content (AvgIpc) is 3.54. The summed E-state index contributed by atoms with van der Waals surface area (Å²) in [6.45, 7) is 9.91. The van der Waals surface area contributed by atoms with Gasteiger partial charge >= 0.3 is 0 Å². The Labute approximate surface area is 194 Å².